The third kappa shape index (κ3) is 3.95. The molecule has 2 rings (SSSR count). The Balaban J connectivity index is 2.10. The first-order valence-corrected chi connectivity index (χ1v) is 6.78. The van der Waals surface area contributed by atoms with Gasteiger partial charge in [-0.05, 0) is 43.3 Å². The molecule has 0 spiro atoms. The normalized spacial score (nSPS) is 10.6. The van der Waals surface area contributed by atoms with Crippen LogP contribution in [0.3, 0.4) is 0 Å². The highest BCUT2D eigenvalue weighted by Crippen LogP contribution is 2.21. The first kappa shape index (κ1) is 14.8. The number of hydrogen-bond acceptors (Lipinski definition) is 2. The molecule has 0 unspecified atom stereocenters. The van der Waals surface area contributed by atoms with Crippen LogP contribution < -0.4 is 10.1 Å². The van der Waals surface area contributed by atoms with Crippen molar-refractivity contribution in [2.24, 2.45) is 0 Å². The molecule has 1 N–H and O–H groups in total. The molecule has 0 aliphatic carbocycles. The Labute approximate surface area is 123 Å². The van der Waals surface area contributed by atoms with Crippen molar-refractivity contribution in [3.05, 3.63) is 63.9 Å². The number of aryl methyl sites for hydroxylation is 1. The number of ether oxygens (including phenoxy) is 1. The Morgan fingerprint density at radius 2 is 2.00 bits per heavy atom. The van der Waals surface area contributed by atoms with E-state index >= 15 is 0 Å². The maximum Gasteiger partial charge on any atom is 0.127 e. The van der Waals surface area contributed by atoms with Gasteiger partial charge in [-0.3, -0.25) is 0 Å². The summed E-state index contributed by atoms with van der Waals surface area (Å²) in [5, 5.41) is 3.65. The van der Waals surface area contributed by atoms with Crippen LogP contribution in [-0.2, 0) is 13.2 Å². The van der Waals surface area contributed by atoms with Gasteiger partial charge in [0.15, 0.2) is 0 Å². The maximum atomic E-state index is 13.5. The summed E-state index contributed by atoms with van der Waals surface area (Å²) in [6.07, 6.45) is 0. The summed E-state index contributed by atoms with van der Waals surface area (Å²) in [4.78, 5) is 0. The molecule has 0 heterocycles. The highest BCUT2D eigenvalue weighted by atomic mass is 35.5. The van der Waals surface area contributed by atoms with Gasteiger partial charge in [0.2, 0.25) is 0 Å². The van der Waals surface area contributed by atoms with Crippen LogP contribution in [0, 0.1) is 12.7 Å². The molecule has 106 valence electrons. The number of rotatable bonds is 5. The van der Waals surface area contributed by atoms with Crippen molar-refractivity contribution in [1.82, 2.24) is 5.32 Å². The van der Waals surface area contributed by atoms with E-state index in [9.17, 15) is 4.39 Å². The van der Waals surface area contributed by atoms with Crippen LogP contribution in [0.4, 0.5) is 4.39 Å². The lowest BCUT2D eigenvalue weighted by Crippen LogP contribution is -2.06. The predicted octanol–water partition coefficient (Wildman–Crippen LogP) is 4.09. The number of halogens is 2. The zero-order valence-electron chi connectivity index (χ0n) is 11.5. The maximum absolute atomic E-state index is 13.5. The van der Waals surface area contributed by atoms with E-state index in [1.165, 1.54) is 12.1 Å². The van der Waals surface area contributed by atoms with Crippen molar-refractivity contribution >= 4 is 11.6 Å². The molecule has 2 aromatic rings. The quantitative estimate of drug-likeness (QED) is 0.896. The molecule has 0 fully saturated rings. The lowest BCUT2D eigenvalue weighted by molar-refractivity contribution is 0.304. The topological polar surface area (TPSA) is 21.3 Å². The molecule has 0 atom stereocenters. The van der Waals surface area contributed by atoms with Crippen molar-refractivity contribution in [2.75, 3.05) is 7.05 Å². The summed E-state index contributed by atoms with van der Waals surface area (Å²) in [6.45, 7) is 2.90. The molecule has 0 amide bonds. The van der Waals surface area contributed by atoms with Crippen LogP contribution in [0.5, 0.6) is 5.75 Å². The zero-order valence-corrected chi connectivity index (χ0v) is 12.3. The lowest BCUT2D eigenvalue weighted by atomic mass is 10.1. The Hall–Kier alpha value is -1.58. The molecule has 0 saturated carbocycles. The molecule has 20 heavy (non-hydrogen) atoms. The van der Waals surface area contributed by atoms with E-state index in [1.807, 2.05) is 38.2 Å². The SMILES string of the molecule is CNCc1cc(F)cc(OCc2ccc(C)cc2Cl)c1. The molecular formula is C16H17ClFNO. The fourth-order valence-corrected chi connectivity index (χ4v) is 2.23. The van der Waals surface area contributed by atoms with Crippen molar-refractivity contribution in [1.29, 1.82) is 0 Å². The summed E-state index contributed by atoms with van der Waals surface area (Å²) in [5.74, 6) is 0.203. The van der Waals surface area contributed by atoms with Gasteiger partial charge in [-0.15, -0.1) is 0 Å². The summed E-state index contributed by atoms with van der Waals surface area (Å²) in [6, 6.07) is 10.5. The van der Waals surface area contributed by atoms with Crippen LogP contribution in [-0.4, -0.2) is 7.05 Å². The third-order valence-corrected chi connectivity index (χ3v) is 3.27. The second kappa shape index (κ2) is 6.73. The van der Waals surface area contributed by atoms with E-state index in [-0.39, 0.29) is 5.82 Å². The highest BCUT2D eigenvalue weighted by Gasteiger charge is 2.05. The van der Waals surface area contributed by atoms with Gasteiger partial charge in [-0.25, -0.2) is 4.39 Å². The minimum absolute atomic E-state index is 0.303. The number of nitrogens with one attached hydrogen (secondary N) is 1. The van der Waals surface area contributed by atoms with Crippen LogP contribution in [0.1, 0.15) is 16.7 Å². The molecule has 4 heteroatoms. The second-order valence-corrected chi connectivity index (χ2v) is 5.12. The Morgan fingerprint density at radius 3 is 2.70 bits per heavy atom. The zero-order chi connectivity index (χ0) is 14.5. The predicted molar refractivity (Wildman–Crippen MR) is 79.7 cm³/mol. The van der Waals surface area contributed by atoms with Gasteiger partial charge < -0.3 is 10.1 Å². The standard InChI is InChI=1S/C16H17ClFNO/c1-11-3-4-13(16(17)5-11)10-20-15-7-12(9-19-2)6-14(18)8-15/h3-8,19H,9-10H2,1-2H3. The van der Waals surface area contributed by atoms with Gasteiger partial charge in [0, 0.05) is 23.2 Å². The Morgan fingerprint density at radius 1 is 1.20 bits per heavy atom. The minimum atomic E-state index is -0.303. The van der Waals surface area contributed by atoms with E-state index in [4.69, 9.17) is 16.3 Å². The number of hydrogen-bond donors (Lipinski definition) is 1. The van der Waals surface area contributed by atoms with Gasteiger partial charge in [-0.2, -0.15) is 0 Å². The monoisotopic (exact) mass is 293 g/mol. The first-order valence-electron chi connectivity index (χ1n) is 6.40. The van der Waals surface area contributed by atoms with E-state index < -0.39 is 0 Å². The Kier molecular flexibility index (Phi) is 4.99. The van der Waals surface area contributed by atoms with Gasteiger partial charge in [0.05, 0.1) is 0 Å². The van der Waals surface area contributed by atoms with Crippen molar-refractivity contribution in [3.63, 3.8) is 0 Å². The summed E-state index contributed by atoms with van der Waals surface area (Å²) in [7, 11) is 1.82. The van der Waals surface area contributed by atoms with Crippen molar-refractivity contribution in [3.8, 4) is 5.75 Å². The van der Waals surface area contributed by atoms with Crippen LogP contribution in [0.25, 0.3) is 0 Å². The molecular weight excluding hydrogens is 277 g/mol. The van der Waals surface area contributed by atoms with Crippen LogP contribution in [0.15, 0.2) is 36.4 Å². The molecule has 0 aliphatic heterocycles. The molecule has 0 aliphatic rings. The largest absolute Gasteiger partial charge is 0.489 e. The molecule has 0 aromatic heterocycles. The first-order chi connectivity index (χ1) is 9.58. The summed E-state index contributed by atoms with van der Waals surface area (Å²) < 4.78 is 19.1. The van der Waals surface area contributed by atoms with E-state index in [1.54, 1.807) is 0 Å². The van der Waals surface area contributed by atoms with Gasteiger partial charge in [-0.1, -0.05) is 23.7 Å². The van der Waals surface area contributed by atoms with Gasteiger partial charge in [0.25, 0.3) is 0 Å². The van der Waals surface area contributed by atoms with Crippen molar-refractivity contribution in [2.45, 2.75) is 20.1 Å². The molecule has 0 saturated heterocycles. The molecule has 2 aromatic carbocycles. The Bertz CT molecular complexity index is 601. The average molecular weight is 294 g/mol. The smallest absolute Gasteiger partial charge is 0.127 e. The molecule has 0 bridgehead atoms. The lowest BCUT2D eigenvalue weighted by Gasteiger charge is -2.10. The van der Waals surface area contributed by atoms with E-state index in [0.29, 0.717) is 23.9 Å². The van der Waals surface area contributed by atoms with Crippen LogP contribution >= 0.6 is 11.6 Å². The molecule has 2 nitrogen and oxygen atoms in total. The third-order valence-electron chi connectivity index (χ3n) is 2.91. The van der Waals surface area contributed by atoms with Gasteiger partial charge in [0.1, 0.15) is 18.2 Å². The van der Waals surface area contributed by atoms with Gasteiger partial charge >= 0.3 is 0 Å². The van der Waals surface area contributed by atoms with Crippen molar-refractivity contribution < 1.29 is 9.13 Å². The fraction of sp³-hybridized carbons (Fsp3) is 0.250. The highest BCUT2D eigenvalue weighted by molar-refractivity contribution is 6.31. The molecule has 0 radical (unpaired) electrons. The van der Waals surface area contributed by atoms with Crippen LogP contribution in [0.2, 0.25) is 5.02 Å². The van der Waals surface area contributed by atoms with E-state index in [0.717, 1.165) is 16.7 Å². The minimum Gasteiger partial charge on any atom is -0.489 e. The summed E-state index contributed by atoms with van der Waals surface area (Å²) >= 11 is 6.14. The average Bonchev–Trinajstić information content (AvgIpc) is 2.37. The fourth-order valence-electron chi connectivity index (χ4n) is 1.94. The van der Waals surface area contributed by atoms with E-state index in [2.05, 4.69) is 5.32 Å². The summed E-state index contributed by atoms with van der Waals surface area (Å²) in [5.41, 5.74) is 2.83. The number of benzene rings is 2. The second-order valence-electron chi connectivity index (χ2n) is 4.71.